The van der Waals surface area contributed by atoms with Crippen molar-refractivity contribution >= 4 is 35.4 Å². The van der Waals surface area contributed by atoms with Crippen LogP contribution in [0.3, 0.4) is 0 Å². The van der Waals surface area contributed by atoms with E-state index in [9.17, 15) is 4.89 Å². The van der Waals surface area contributed by atoms with E-state index in [4.69, 9.17) is 0 Å². The molecule has 0 saturated carbocycles. The van der Waals surface area contributed by atoms with Gasteiger partial charge >= 0.3 is 40.5 Å². The van der Waals surface area contributed by atoms with Crippen LogP contribution in [-0.4, -0.2) is 17.2 Å². The van der Waals surface area contributed by atoms with E-state index in [1.165, 1.54) is 0 Å². The summed E-state index contributed by atoms with van der Waals surface area (Å²) in [6.45, 7) is 8.63. The van der Waals surface area contributed by atoms with E-state index in [-0.39, 0.29) is 0 Å². The first-order chi connectivity index (χ1) is 8.93. The van der Waals surface area contributed by atoms with Gasteiger partial charge in [0.25, 0.3) is 0 Å². The summed E-state index contributed by atoms with van der Waals surface area (Å²) in [6, 6.07) is 12.0. The van der Waals surface area contributed by atoms with Crippen LogP contribution in [0, 0.1) is 11.8 Å². The van der Waals surface area contributed by atoms with Gasteiger partial charge in [-0.1, -0.05) is 64.1 Å². The van der Waals surface area contributed by atoms with Gasteiger partial charge in [0, 0.05) is 8.15 Å². The summed E-state index contributed by atoms with van der Waals surface area (Å²) >= 11 is 6.64. The Morgan fingerprint density at radius 3 is 1.21 bits per heavy atom. The van der Waals surface area contributed by atoms with Crippen molar-refractivity contribution in [3.63, 3.8) is 0 Å². The normalized spacial score (nSPS) is 10.0. The zero-order chi connectivity index (χ0) is 15.1. The van der Waals surface area contributed by atoms with Gasteiger partial charge in [-0.25, -0.2) is 0 Å². The Morgan fingerprint density at radius 2 is 1.05 bits per heavy atom. The van der Waals surface area contributed by atoms with Crippen LogP contribution in [0.5, 0.6) is 0 Å². The number of hydrogen-bond donors (Lipinski definition) is 1. The van der Waals surface area contributed by atoms with Crippen LogP contribution in [0.25, 0.3) is 0 Å². The summed E-state index contributed by atoms with van der Waals surface area (Å²) in [7, 11) is -0.659. The van der Waals surface area contributed by atoms with Crippen molar-refractivity contribution in [3.05, 3.63) is 36.4 Å². The summed E-state index contributed by atoms with van der Waals surface area (Å²) in [5.41, 5.74) is 0. The second kappa shape index (κ2) is 17.2. The van der Waals surface area contributed by atoms with Crippen molar-refractivity contribution in [3.8, 4) is 0 Å². The van der Waals surface area contributed by atoms with Gasteiger partial charge in [0.1, 0.15) is 0 Å². The molecule has 0 aliphatic rings. The first kappa shape index (κ1) is 22.5. The summed E-state index contributed by atoms with van der Waals surface area (Å²) < 4.78 is 0. The van der Waals surface area contributed by atoms with Crippen LogP contribution in [0.15, 0.2) is 36.4 Å². The maximum absolute atomic E-state index is 9.45. The van der Waals surface area contributed by atoms with Crippen molar-refractivity contribution in [2.45, 2.75) is 27.7 Å². The third-order valence-corrected chi connectivity index (χ3v) is 4.12. The minimum absolute atomic E-state index is 0.335. The standard InChI is InChI=1S/C8H19OP.C6H6.2BrH.Ru/c1-7(2)5-10(9)6-8(3)4;1-2-4-6-5-3-1;;;/h7-9H,5-6H2,1-4H3;1-6H;2*1H;/q;;;;+2/p-2. The first-order valence-electron chi connectivity index (χ1n) is 6.23. The van der Waals surface area contributed by atoms with E-state index in [0.717, 1.165) is 12.3 Å². The molecule has 0 heterocycles. The predicted molar refractivity (Wildman–Crippen MR) is 92.8 cm³/mol. The van der Waals surface area contributed by atoms with Gasteiger partial charge in [-0.15, -0.1) is 0 Å². The average Bonchev–Trinajstić information content (AvgIpc) is 2.30. The molecule has 19 heavy (non-hydrogen) atoms. The van der Waals surface area contributed by atoms with Gasteiger partial charge in [0.2, 0.25) is 0 Å². The number of rotatable bonds is 4. The summed E-state index contributed by atoms with van der Waals surface area (Å²) in [5, 5.41) is 0. The molecule has 0 unspecified atom stereocenters. The van der Waals surface area contributed by atoms with Gasteiger partial charge < -0.3 is 4.89 Å². The van der Waals surface area contributed by atoms with Crippen molar-refractivity contribution in [1.82, 2.24) is 0 Å². The third kappa shape index (κ3) is 24.6. The van der Waals surface area contributed by atoms with Crippen molar-refractivity contribution in [1.29, 1.82) is 0 Å². The Labute approximate surface area is 141 Å². The Hall–Kier alpha value is 1.19. The largest absolute Gasteiger partial charge is 0.0623 e. The van der Waals surface area contributed by atoms with E-state index >= 15 is 0 Å². The maximum atomic E-state index is 9.45. The second-order valence-electron chi connectivity index (χ2n) is 4.86. The molecular weight excluding hydrogens is 476 g/mol. The molecule has 1 rings (SSSR count). The number of hydrogen-bond acceptors (Lipinski definition) is 1. The van der Waals surface area contributed by atoms with Crippen LogP contribution in [-0.2, 0) is 13.2 Å². The molecule has 1 aromatic rings. The van der Waals surface area contributed by atoms with Gasteiger partial charge in [-0.05, 0) is 24.2 Å². The van der Waals surface area contributed by atoms with Crippen molar-refractivity contribution in [2.24, 2.45) is 11.8 Å². The molecule has 1 N–H and O–H groups in total. The first-order valence-corrected chi connectivity index (χ1v) is 15.8. The van der Waals surface area contributed by atoms with E-state index in [0.29, 0.717) is 25.0 Å². The molecule has 114 valence electrons. The smallest absolute Gasteiger partial charge is 0.0623 e. The molecule has 0 aromatic heterocycles. The van der Waals surface area contributed by atoms with E-state index in [1.807, 2.05) is 36.4 Å². The average molecular weight is 501 g/mol. The van der Waals surface area contributed by atoms with E-state index in [2.05, 4.69) is 54.9 Å². The predicted octanol–water partition coefficient (Wildman–Crippen LogP) is 6.06. The molecular formula is C14H25Br2OPRu. The molecule has 0 radical (unpaired) electrons. The van der Waals surface area contributed by atoms with Gasteiger partial charge in [0.05, 0.1) is 0 Å². The Bertz CT molecular complexity index is 224. The minimum Gasteiger partial charge on any atom is -0.0623 e. The Morgan fingerprint density at radius 1 is 0.842 bits per heavy atom. The molecule has 1 aromatic carbocycles. The molecule has 0 amide bonds. The molecule has 0 aliphatic carbocycles. The van der Waals surface area contributed by atoms with Crippen LogP contribution in [0.1, 0.15) is 27.7 Å². The van der Waals surface area contributed by atoms with Crippen LogP contribution >= 0.6 is 35.4 Å². The fourth-order valence-electron chi connectivity index (χ4n) is 1.30. The molecule has 0 spiro atoms. The minimum atomic E-state index is -0.659. The fourth-order valence-corrected chi connectivity index (χ4v) is 3.14. The zero-order valence-corrected chi connectivity index (χ0v) is 17.8. The van der Waals surface area contributed by atoms with Crippen molar-refractivity contribution in [2.75, 3.05) is 12.3 Å². The molecule has 0 atom stereocenters. The summed E-state index contributed by atoms with van der Waals surface area (Å²) in [5.74, 6) is 1.30. The van der Waals surface area contributed by atoms with Crippen LogP contribution in [0.4, 0.5) is 0 Å². The fraction of sp³-hybridized carbons (Fsp3) is 0.571. The monoisotopic (exact) mass is 500 g/mol. The Kier molecular flexibility index (Phi) is 20.4. The van der Waals surface area contributed by atoms with Crippen molar-refractivity contribution < 1.29 is 18.1 Å². The molecule has 0 aliphatic heterocycles. The number of halogens is 2. The van der Waals surface area contributed by atoms with E-state index in [1.54, 1.807) is 0 Å². The Balaban J connectivity index is 0. The third-order valence-electron chi connectivity index (χ3n) is 1.82. The summed E-state index contributed by atoms with van der Waals surface area (Å²) in [4.78, 5) is 9.45. The SMILES string of the molecule is CC(C)CP(O)CC(C)C.[Br][Ru][Br].c1ccccc1. The number of benzene rings is 1. The summed E-state index contributed by atoms with van der Waals surface area (Å²) in [6.07, 6.45) is 2.01. The quantitative estimate of drug-likeness (QED) is 0.393. The zero-order valence-electron chi connectivity index (χ0n) is 12.0. The molecule has 0 fully saturated rings. The molecule has 1 nitrogen and oxygen atoms in total. The molecule has 5 heteroatoms. The van der Waals surface area contributed by atoms with Crippen LogP contribution in [0.2, 0.25) is 0 Å². The van der Waals surface area contributed by atoms with Crippen LogP contribution < -0.4 is 0 Å². The topological polar surface area (TPSA) is 20.2 Å². The molecule has 0 bridgehead atoms. The van der Waals surface area contributed by atoms with Gasteiger partial charge in [-0.2, -0.15) is 0 Å². The van der Waals surface area contributed by atoms with Gasteiger partial charge in [0.15, 0.2) is 0 Å². The maximum Gasteiger partial charge on any atom is -0.0623 e. The van der Waals surface area contributed by atoms with Gasteiger partial charge in [-0.3, -0.25) is 0 Å². The van der Waals surface area contributed by atoms with E-state index < -0.39 is 8.15 Å². The second-order valence-corrected chi connectivity index (χ2v) is 14.6. The molecule has 0 saturated heterocycles.